The molecule has 2 atom stereocenters. The van der Waals surface area contributed by atoms with Gasteiger partial charge in [0.15, 0.2) is 5.96 Å². The Morgan fingerprint density at radius 2 is 2.19 bits per heavy atom. The normalized spacial score (nSPS) is 22.1. The maximum absolute atomic E-state index is 5.12. The Kier molecular flexibility index (Phi) is 9.42. The molecule has 21 heavy (non-hydrogen) atoms. The van der Waals surface area contributed by atoms with Crippen LogP contribution in [-0.2, 0) is 4.74 Å². The summed E-state index contributed by atoms with van der Waals surface area (Å²) in [7, 11) is 3.53. The maximum Gasteiger partial charge on any atom is 0.191 e. The van der Waals surface area contributed by atoms with Crippen molar-refractivity contribution < 1.29 is 4.74 Å². The van der Waals surface area contributed by atoms with Gasteiger partial charge in [-0.2, -0.15) is 0 Å². The van der Waals surface area contributed by atoms with Gasteiger partial charge in [0.05, 0.1) is 6.61 Å². The van der Waals surface area contributed by atoms with Gasteiger partial charge >= 0.3 is 0 Å². The second-order valence-corrected chi connectivity index (χ2v) is 6.09. The number of likely N-dealkylation sites (tertiary alicyclic amines) is 1. The van der Waals surface area contributed by atoms with Gasteiger partial charge in [-0.05, 0) is 52.6 Å². The van der Waals surface area contributed by atoms with E-state index in [2.05, 4.69) is 34.4 Å². The van der Waals surface area contributed by atoms with Crippen LogP contribution in [0.25, 0.3) is 0 Å². The number of unbranched alkanes of at least 4 members (excludes halogenated alkanes) is 1. The van der Waals surface area contributed by atoms with Crippen molar-refractivity contribution in [1.29, 1.82) is 0 Å². The van der Waals surface area contributed by atoms with Crippen molar-refractivity contribution in [1.82, 2.24) is 15.5 Å². The minimum atomic E-state index is 0.274. The first-order valence-corrected chi connectivity index (χ1v) is 8.37. The van der Waals surface area contributed by atoms with Gasteiger partial charge < -0.3 is 20.3 Å². The molecule has 5 nitrogen and oxygen atoms in total. The van der Waals surface area contributed by atoms with Gasteiger partial charge in [0.2, 0.25) is 0 Å². The smallest absolute Gasteiger partial charge is 0.191 e. The Morgan fingerprint density at radius 1 is 1.38 bits per heavy atom. The number of hydrogen-bond acceptors (Lipinski definition) is 3. The lowest BCUT2D eigenvalue weighted by Gasteiger charge is -2.33. The quantitative estimate of drug-likeness (QED) is 0.408. The number of methoxy groups -OCH3 is 1. The molecule has 0 aromatic rings. The van der Waals surface area contributed by atoms with Crippen LogP contribution in [0, 0.1) is 0 Å². The minimum Gasteiger partial charge on any atom is -0.383 e. The summed E-state index contributed by atoms with van der Waals surface area (Å²) in [6.45, 7) is 8.63. The zero-order chi connectivity index (χ0) is 15.5. The van der Waals surface area contributed by atoms with E-state index >= 15 is 0 Å². The highest BCUT2D eigenvalue weighted by molar-refractivity contribution is 5.79. The maximum atomic E-state index is 5.12. The van der Waals surface area contributed by atoms with Crippen LogP contribution < -0.4 is 10.6 Å². The molecule has 1 aliphatic rings. The van der Waals surface area contributed by atoms with Crippen molar-refractivity contribution in [2.24, 2.45) is 4.99 Å². The number of nitrogens with zero attached hydrogens (tertiary/aromatic N) is 2. The molecule has 124 valence electrons. The third-order valence-corrected chi connectivity index (χ3v) is 4.13. The molecule has 1 rings (SSSR count). The van der Waals surface area contributed by atoms with Crippen LogP contribution in [0.5, 0.6) is 0 Å². The van der Waals surface area contributed by atoms with Crippen LogP contribution in [0.15, 0.2) is 4.99 Å². The van der Waals surface area contributed by atoms with Gasteiger partial charge in [0, 0.05) is 32.8 Å². The van der Waals surface area contributed by atoms with Crippen LogP contribution in [0.3, 0.4) is 0 Å². The molecule has 0 bridgehead atoms. The lowest BCUT2D eigenvalue weighted by Crippen LogP contribution is -2.44. The van der Waals surface area contributed by atoms with Gasteiger partial charge in [-0.3, -0.25) is 4.99 Å². The molecular formula is C16H34N4O. The lowest BCUT2D eigenvalue weighted by molar-refractivity contribution is 0.158. The average molecular weight is 298 g/mol. The summed E-state index contributed by atoms with van der Waals surface area (Å²) >= 11 is 0. The van der Waals surface area contributed by atoms with Gasteiger partial charge in [0.25, 0.3) is 0 Å². The highest BCUT2D eigenvalue weighted by Crippen LogP contribution is 2.16. The topological polar surface area (TPSA) is 48.9 Å². The van der Waals surface area contributed by atoms with E-state index in [0.717, 1.165) is 18.5 Å². The molecule has 0 radical (unpaired) electrons. The molecule has 1 heterocycles. The fourth-order valence-corrected chi connectivity index (χ4v) is 2.86. The summed E-state index contributed by atoms with van der Waals surface area (Å²) in [4.78, 5) is 6.87. The second-order valence-electron chi connectivity index (χ2n) is 6.09. The molecule has 5 heteroatoms. The Morgan fingerprint density at radius 3 is 2.86 bits per heavy atom. The van der Waals surface area contributed by atoms with Crippen LogP contribution in [-0.4, -0.2) is 63.3 Å². The Hall–Kier alpha value is -0.810. The summed E-state index contributed by atoms with van der Waals surface area (Å²) in [6, 6.07) is 1.05. The molecule has 0 saturated carbocycles. The summed E-state index contributed by atoms with van der Waals surface area (Å²) in [5.74, 6) is 0.867. The summed E-state index contributed by atoms with van der Waals surface area (Å²) < 4.78 is 5.12. The van der Waals surface area contributed by atoms with E-state index < -0.39 is 0 Å². The molecule has 0 aromatic heterocycles. The monoisotopic (exact) mass is 298 g/mol. The number of hydrogen-bond donors (Lipinski definition) is 2. The first-order valence-electron chi connectivity index (χ1n) is 8.37. The van der Waals surface area contributed by atoms with Crippen molar-refractivity contribution >= 4 is 5.96 Å². The van der Waals surface area contributed by atoms with E-state index in [0.29, 0.717) is 6.61 Å². The van der Waals surface area contributed by atoms with Gasteiger partial charge in [0.1, 0.15) is 0 Å². The summed E-state index contributed by atoms with van der Waals surface area (Å²) in [5, 5.41) is 6.69. The third-order valence-electron chi connectivity index (χ3n) is 4.13. The molecule has 1 saturated heterocycles. The minimum absolute atomic E-state index is 0.274. The Labute approximate surface area is 130 Å². The average Bonchev–Trinajstić information content (AvgIpc) is 2.47. The highest BCUT2D eigenvalue weighted by atomic mass is 16.5. The highest BCUT2D eigenvalue weighted by Gasteiger charge is 2.16. The van der Waals surface area contributed by atoms with Crippen LogP contribution in [0.4, 0.5) is 0 Å². The first kappa shape index (κ1) is 18.2. The predicted molar refractivity (Wildman–Crippen MR) is 90.0 cm³/mol. The number of piperidine rings is 1. The van der Waals surface area contributed by atoms with Crippen molar-refractivity contribution in [3.8, 4) is 0 Å². The molecule has 0 spiro atoms. The number of aliphatic imine (C=N–C) groups is 1. The molecule has 2 N–H and O–H groups in total. The molecule has 0 amide bonds. The van der Waals surface area contributed by atoms with E-state index in [1.54, 1.807) is 7.11 Å². The van der Waals surface area contributed by atoms with E-state index in [1.165, 1.54) is 45.2 Å². The first-order chi connectivity index (χ1) is 10.2. The van der Waals surface area contributed by atoms with E-state index in [4.69, 9.17) is 4.74 Å². The van der Waals surface area contributed by atoms with Gasteiger partial charge in [-0.15, -0.1) is 0 Å². The van der Waals surface area contributed by atoms with Crippen molar-refractivity contribution in [2.75, 3.05) is 40.4 Å². The molecule has 0 aliphatic carbocycles. The number of rotatable bonds is 8. The fraction of sp³-hybridized carbons (Fsp3) is 0.938. The van der Waals surface area contributed by atoms with E-state index in [-0.39, 0.29) is 6.04 Å². The zero-order valence-corrected chi connectivity index (χ0v) is 14.3. The van der Waals surface area contributed by atoms with E-state index in [1.807, 2.05) is 7.05 Å². The number of guanidine groups is 1. The lowest BCUT2D eigenvalue weighted by atomic mass is 10.0. The van der Waals surface area contributed by atoms with Crippen molar-refractivity contribution in [3.63, 3.8) is 0 Å². The molecular weight excluding hydrogens is 264 g/mol. The SMILES string of the molecule is CN=C(NCCCCN1CCCCC1C)NC(C)COC. The zero-order valence-electron chi connectivity index (χ0n) is 14.3. The van der Waals surface area contributed by atoms with Gasteiger partial charge in [-0.1, -0.05) is 6.42 Å². The second kappa shape index (κ2) is 10.9. The summed E-state index contributed by atoms with van der Waals surface area (Å²) in [6.07, 6.45) is 6.58. The number of ether oxygens (including phenoxy) is 1. The fourth-order valence-electron chi connectivity index (χ4n) is 2.86. The molecule has 2 unspecified atom stereocenters. The van der Waals surface area contributed by atoms with Crippen molar-refractivity contribution in [3.05, 3.63) is 0 Å². The van der Waals surface area contributed by atoms with Gasteiger partial charge in [-0.25, -0.2) is 0 Å². The predicted octanol–water partition coefficient (Wildman–Crippen LogP) is 1.84. The van der Waals surface area contributed by atoms with Crippen molar-refractivity contribution in [2.45, 2.75) is 58.0 Å². The third kappa shape index (κ3) is 7.67. The summed E-state index contributed by atoms with van der Waals surface area (Å²) in [5.41, 5.74) is 0. The largest absolute Gasteiger partial charge is 0.383 e. The Bertz CT molecular complexity index is 296. The van der Waals surface area contributed by atoms with E-state index in [9.17, 15) is 0 Å². The molecule has 1 fully saturated rings. The molecule has 0 aromatic carbocycles. The Balaban J connectivity index is 2.09. The number of nitrogens with one attached hydrogen (secondary N) is 2. The van der Waals surface area contributed by atoms with Crippen LogP contribution in [0.1, 0.15) is 46.0 Å². The van der Waals surface area contributed by atoms with Crippen LogP contribution in [0.2, 0.25) is 0 Å². The molecule has 1 aliphatic heterocycles. The van der Waals surface area contributed by atoms with Crippen LogP contribution >= 0.6 is 0 Å². The standard InChI is InChI=1S/C16H34N4O/c1-14(13-21-4)19-16(17-3)18-10-6-8-12-20-11-7-5-9-15(20)2/h14-15H,5-13H2,1-4H3,(H2,17,18,19).